The number of rotatable bonds is 3. The highest BCUT2D eigenvalue weighted by atomic mass is 16.5. The lowest BCUT2D eigenvalue weighted by Crippen LogP contribution is -2.15. The Hall–Kier alpha value is -2.53. The van der Waals surface area contributed by atoms with E-state index in [-0.39, 0.29) is 0 Å². The molecule has 0 atom stereocenters. The molecule has 0 saturated heterocycles. The summed E-state index contributed by atoms with van der Waals surface area (Å²) in [5, 5.41) is 0. The number of hydrazine groups is 1. The third-order valence-corrected chi connectivity index (χ3v) is 2.42. The van der Waals surface area contributed by atoms with Crippen molar-refractivity contribution >= 4 is 17.3 Å². The number of nitrogens with two attached hydrogens (primary N) is 2. The van der Waals surface area contributed by atoms with Crippen LogP contribution in [0.5, 0.6) is 5.75 Å². The minimum atomic E-state index is -0.513. The number of ether oxygens (including phenoxy) is 1. The highest BCUT2D eigenvalue weighted by Crippen LogP contribution is 2.22. The van der Waals surface area contributed by atoms with E-state index in [0.717, 1.165) is 0 Å². The lowest BCUT2D eigenvalue weighted by atomic mass is 10.2. The van der Waals surface area contributed by atoms with Crippen LogP contribution in [0.4, 0.5) is 11.4 Å². The number of para-hydroxylation sites is 3. The number of nitrogens with one attached hydrogen (secondary N) is 1. The first kappa shape index (κ1) is 11.9. The first-order valence-corrected chi connectivity index (χ1v) is 5.34. The second-order valence-corrected chi connectivity index (χ2v) is 3.62. The molecule has 0 amide bonds. The lowest BCUT2D eigenvalue weighted by Gasteiger charge is -2.09. The van der Waals surface area contributed by atoms with Crippen LogP contribution in [0.25, 0.3) is 0 Å². The minimum Gasteiger partial charge on any atom is -0.421 e. The number of esters is 1. The first-order valence-electron chi connectivity index (χ1n) is 5.34. The summed E-state index contributed by atoms with van der Waals surface area (Å²) in [7, 11) is 0. The van der Waals surface area contributed by atoms with Gasteiger partial charge in [0.15, 0.2) is 5.75 Å². The van der Waals surface area contributed by atoms with Crippen LogP contribution in [-0.4, -0.2) is 5.97 Å². The molecule has 5 N–H and O–H groups in total. The molecule has 0 unspecified atom stereocenters. The molecule has 5 nitrogen and oxygen atoms in total. The third kappa shape index (κ3) is 2.41. The number of carbonyl (C=O) groups excluding carboxylic acids is 1. The highest BCUT2D eigenvalue weighted by molar-refractivity contribution is 5.97. The van der Waals surface area contributed by atoms with E-state index >= 15 is 0 Å². The Morgan fingerprint density at radius 3 is 2.44 bits per heavy atom. The molecule has 0 radical (unpaired) electrons. The monoisotopic (exact) mass is 243 g/mol. The summed E-state index contributed by atoms with van der Waals surface area (Å²) in [5.41, 5.74) is 9.40. The standard InChI is InChI=1S/C13H13N3O2/c14-10-6-2-4-8-12(10)18-13(17)9-5-1-3-7-11(9)16-15/h1-8,16H,14-15H2. The average molecular weight is 243 g/mol. The quantitative estimate of drug-likeness (QED) is 0.251. The maximum Gasteiger partial charge on any atom is 0.345 e. The van der Waals surface area contributed by atoms with Crippen LogP contribution in [0.15, 0.2) is 48.5 Å². The van der Waals surface area contributed by atoms with Gasteiger partial charge in [0.1, 0.15) is 0 Å². The smallest absolute Gasteiger partial charge is 0.345 e. The molecule has 5 heteroatoms. The van der Waals surface area contributed by atoms with Gasteiger partial charge in [0, 0.05) is 0 Å². The molecule has 0 aromatic heterocycles. The van der Waals surface area contributed by atoms with Crippen LogP contribution in [0.1, 0.15) is 10.4 Å². The van der Waals surface area contributed by atoms with Crippen molar-refractivity contribution in [1.82, 2.24) is 0 Å². The van der Waals surface area contributed by atoms with Gasteiger partial charge >= 0.3 is 5.97 Å². The third-order valence-electron chi connectivity index (χ3n) is 2.42. The van der Waals surface area contributed by atoms with E-state index in [1.165, 1.54) is 0 Å². The van der Waals surface area contributed by atoms with Crippen molar-refractivity contribution in [2.75, 3.05) is 11.2 Å². The van der Waals surface area contributed by atoms with E-state index in [4.69, 9.17) is 16.3 Å². The van der Waals surface area contributed by atoms with Gasteiger partial charge in [0.25, 0.3) is 0 Å². The predicted molar refractivity (Wildman–Crippen MR) is 70.1 cm³/mol. The number of hydrogen-bond donors (Lipinski definition) is 3. The molecular formula is C13H13N3O2. The zero-order valence-corrected chi connectivity index (χ0v) is 9.59. The summed E-state index contributed by atoms with van der Waals surface area (Å²) >= 11 is 0. The van der Waals surface area contributed by atoms with Crippen molar-refractivity contribution in [2.45, 2.75) is 0 Å². The van der Waals surface area contributed by atoms with Crippen molar-refractivity contribution in [3.05, 3.63) is 54.1 Å². The molecule has 0 fully saturated rings. The van der Waals surface area contributed by atoms with Gasteiger partial charge in [-0.05, 0) is 24.3 Å². The highest BCUT2D eigenvalue weighted by Gasteiger charge is 2.13. The Labute approximate surface area is 104 Å². The second kappa shape index (κ2) is 5.20. The molecule has 0 aliphatic rings. The zero-order chi connectivity index (χ0) is 13.0. The van der Waals surface area contributed by atoms with Crippen LogP contribution in [0, 0.1) is 0 Å². The predicted octanol–water partition coefficient (Wildman–Crippen LogP) is 1.77. The van der Waals surface area contributed by atoms with E-state index in [0.29, 0.717) is 22.7 Å². The molecule has 0 bridgehead atoms. The number of hydrogen-bond acceptors (Lipinski definition) is 5. The van der Waals surface area contributed by atoms with Crippen molar-refractivity contribution in [1.29, 1.82) is 0 Å². The summed E-state index contributed by atoms with van der Waals surface area (Å²) < 4.78 is 5.21. The fraction of sp³-hybridized carbons (Fsp3) is 0. The van der Waals surface area contributed by atoms with E-state index in [2.05, 4.69) is 5.43 Å². The van der Waals surface area contributed by atoms with Crippen molar-refractivity contribution in [2.24, 2.45) is 5.84 Å². The molecular weight excluding hydrogens is 230 g/mol. The van der Waals surface area contributed by atoms with Gasteiger partial charge in [0.05, 0.1) is 16.9 Å². The van der Waals surface area contributed by atoms with Crippen molar-refractivity contribution in [3.8, 4) is 5.75 Å². The SMILES string of the molecule is NNc1ccccc1C(=O)Oc1ccccc1N. The van der Waals surface area contributed by atoms with Gasteiger partial charge in [0.2, 0.25) is 0 Å². The first-order chi connectivity index (χ1) is 8.72. The Balaban J connectivity index is 2.25. The Morgan fingerprint density at radius 2 is 1.72 bits per heavy atom. The Bertz CT molecular complexity index is 570. The van der Waals surface area contributed by atoms with Gasteiger partial charge in [-0.15, -0.1) is 0 Å². The van der Waals surface area contributed by atoms with Crippen LogP contribution in [-0.2, 0) is 0 Å². The summed E-state index contributed by atoms with van der Waals surface area (Å²) in [6, 6.07) is 13.6. The maximum atomic E-state index is 12.0. The second-order valence-electron chi connectivity index (χ2n) is 3.62. The fourth-order valence-corrected chi connectivity index (χ4v) is 1.52. The molecule has 18 heavy (non-hydrogen) atoms. The molecule has 2 aromatic carbocycles. The van der Waals surface area contributed by atoms with E-state index < -0.39 is 5.97 Å². The normalized spacial score (nSPS) is 9.83. The Kier molecular flexibility index (Phi) is 3.45. The molecule has 92 valence electrons. The molecule has 0 saturated carbocycles. The van der Waals surface area contributed by atoms with Crippen LogP contribution < -0.4 is 21.7 Å². The van der Waals surface area contributed by atoms with Crippen LogP contribution in [0.3, 0.4) is 0 Å². The fourth-order valence-electron chi connectivity index (χ4n) is 1.52. The zero-order valence-electron chi connectivity index (χ0n) is 9.59. The lowest BCUT2D eigenvalue weighted by molar-refractivity contribution is 0.0737. The number of anilines is 2. The van der Waals surface area contributed by atoms with Crippen molar-refractivity contribution < 1.29 is 9.53 Å². The molecule has 0 aliphatic carbocycles. The maximum absolute atomic E-state index is 12.0. The summed E-state index contributed by atoms with van der Waals surface area (Å²) in [6.07, 6.45) is 0. The topological polar surface area (TPSA) is 90.4 Å². The largest absolute Gasteiger partial charge is 0.421 e. The molecule has 2 aromatic rings. The van der Waals surface area contributed by atoms with Crippen molar-refractivity contribution in [3.63, 3.8) is 0 Å². The summed E-state index contributed by atoms with van der Waals surface area (Å²) in [6.45, 7) is 0. The summed E-state index contributed by atoms with van der Waals surface area (Å²) in [4.78, 5) is 12.0. The molecule has 0 heterocycles. The van der Waals surface area contributed by atoms with Crippen LogP contribution in [0.2, 0.25) is 0 Å². The summed E-state index contributed by atoms with van der Waals surface area (Å²) in [5.74, 6) is 5.14. The van der Waals surface area contributed by atoms with Gasteiger partial charge in [-0.1, -0.05) is 24.3 Å². The molecule has 2 rings (SSSR count). The number of nitrogen functional groups attached to an aromatic ring is 2. The average Bonchev–Trinajstić information content (AvgIpc) is 2.41. The van der Waals surface area contributed by atoms with Gasteiger partial charge in [-0.25, -0.2) is 4.79 Å². The van der Waals surface area contributed by atoms with E-state index in [9.17, 15) is 4.79 Å². The van der Waals surface area contributed by atoms with Gasteiger partial charge in [-0.2, -0.15) is 0 Å². The molecule has 0 spiro atoms. The number of carbonyl (C=O) groups is 1. The van der Waals surface area contributed by atoms with Crippen LogP contribution >= 0.6 is 0 Å². The van der Waals surface area contributed by atoms with Gasteiger partial charge < -0.3 is 15.9 Å². The number of benzene rings is 2. The van der Waals surface area contributed by atoms with Gasteiger partial charge in [-0.3, -0.25) is 5.84 Å². The minimum absolute atomic E-state index is 0.328. The molecule has 0 aliphatic heterocycles. The van der Waals surface area contributed by atoms with E-state index in [1.807, 2.05) is 0 Å². The Morgan fingerprint density at radius 1 is 1.06 bits per heavy atom. The van der Waals surface area contributed by atoms with E-state index in [1.54, 1.807) is 48.5 Å².